The zero-order chi connectivity index (χ0) is 14.6. The second-order valence-corrected chi connectivity index (χ2v) is 6.82. The van der Waals surface area contributed by atoms with Crippen LogP contribution in [-0.2, 0) is 6.42 Å². The monoisotopic (exact) mass is 269 g/mol. The van der Waals surface area contributed by atoms with Crippen molar-refractivity contribution >= 4 is 0 Å². The number of nitrogens with zero attached hydrogens (tertiary/aromatic N) is 1. The predicted molar refractivity (Wildman–Crippen MR) is 84.5 cm³/mol. The molecule has 1 nitrogen and oxygen atoms in total. The molecule has 2 rings (SSSR count). The lowest BCUT2D eigenvalue weighted by Crippen LogP contribution is -2.28. The summed E-state index contributed by atoms with van der Waals surface area (Å²) in [7, 11) is 0. The summed E-state index contributed by atoms with van der Waals surface area (Å²) in [6, 6.07) is 11.5. The van der Waals surface area contributed by atoms with Crippen molar-refractivity contribution in [2.75, 3.05) is 0 Å². The molecule has 0 aromatic heterocycles. The molecule has 0 atom stereocenters. The Morgan fingerprint density at radius 3 is 2.25 bits per heavy atom. The number of rotatable bonds is 4. The Balaban J connectivity index is 2.05. The van der Waals surface area contributed by atoms with Gasteiger partial charge in [-0.3, -0.25) is 0 Å². The van der Waals surface area contributed by atoms with Gasteiger partial charge in [-0.1, -0.05) is 51.5 Å². The van der Waals surface area contributed by atoms with E-state index < -0.39 is 0 Å². The summed E-state index contributed by atoms with van der Waals surface area (Å²) in [5, 5.41) is 9.65. The van der Waals surface area contributed by atoms with Gasteiger partial charge in [0.1, 0.15) is 0 Å². The molecule has 0 N–H and O–H groups in total. The second kappa shape index (κ2) is 6.44. The van der Waals surface area contributed by atoms with E-state index in [9.17, 15) is 5.26 Å². The Morgan fingerprint density at radius 1 is 1.20 bits per heavy atom. The van der Waals surface area contributed by atoms with Crippen LogP contribution >= 0.6 is 0 Å². The quantitative estimate of drug-likeness (QED) is 0.711. The minimum absolute atomic E-state index is 0.106. The van der Waals surface area contributed by atoms with E-state index >= 15 is 0 Å². The van der Waals surface area contributed by atoms with Crippen molar-refractivity contribution in [1.29, 1.82) is 5.26 Å². The van der Waals surface area contributed by atoms with Crippen LogP contribution in [0.15, 0.2) is 24.3 Å². The molecule has 0 aliphatic heterocycles. The lowest BCUT2D eigenvalue weighted by atomic mass is 9.68. The molecule has 108 valence electrons. The van der Waals surface area contributed by atoms with Gasteiger partial charge in [0.15, 0.2) is 0 Å². The molecule has 20 heavy (non-hydrogen) atoms. The maximum atomic E-state index is 9.65. The van der Waals surface area contributed by atoms with Crippen LogP contribution in [-0.4, -0.2) is 0 Å². The van der Waals surface area contributed by atoms with Crippen LogP contribution in [0.1, 0.15) is 69.9 Å². The van der Waals surface area contributed by atoms with E-state index in [0.29, 0.717) is 5.92 Å². The van der Waals surface area contributed by atoms with Gasteiger partial charge >= 0.3 is 0 Å². The number of benzene rings is 1. The third kappa shape index (κ3) is 3.42. The molecule has 0 spiro atoms. The van der Waals surface area contributed by atoms with Crippen LogP contribution in [0.25, 0.3) is 0 Å². The normalized spacial score (nSPS) is 26.4. The van der Waals surface area contributed by atoms with Gasteiger partial charge < -0.3 is 0 Å². The molecule has 1 aromatic rings. The van der Waals surface area contributed by atoms with Gasteiger partial charge in [0.2, 0.25) is 0 Å². The molecule has 0 amide bonds. The second-order valence-electron chi connectivity index (χ2n) is 6.82. The smallest absolute Gasteiger partial charge is 0.0693 e. The zero-order valence-corrected chi connectivity index (χ0v) is 13.2. The first-order chi connectivity index (χ1) is 9.58. The number of hydrogen-bond donors (Lipinski definition) is 0. The van der Waals surface area contributed by atoms with Crippen molar-refractivity contribution in [2.45, 2.75) is 65.2 Å². The summed E-state index contributed by atoms with van der Waals surface area (Å²) in [5.74, 6) is 1.42. The van der Waals surface area contributed by atoms with Crippen molar-refractivity contribution in [2.24, 2.45) is 11.3 Å². The lowest BCUT2D eigenvalue weighted by molar-refractivity contribution is 0.205. The highest BCUT2D eigenvalue weighted by molar-refractivity contribution is 5.26. The maximum Gasteiger partial charge on any atom is 0.0693 e. The zero-order valence-electron chi connectivity index (χ0n) is 13.2. The van der Waals surface area contributed by atoms with Crippen molar-refractivity contribution in [1.82, 2.24) is 0 Å². The SMILES string of the molecule is CCC1CCC(C#N)(Cc2ccc(C(C)C)cc2)CC1. The van der Waals surface area contributed by atoms with Gasteiger partial charge in [0, 0.05) is 0 Å². The minimum Gasteiger partial charge on any atom is -0.198 e. The van der Waals surface area contributed by atoms with Gasteiger partial charge in [0.25, 0.3) is 0 Å². The third-order valence-electron chi connectivity index (χ3n) is 5.07. The van der Waals surface area contributed by atoms with E-state index in [1.165, 1.54) is 30.4 Å². The molecule has 1 aliphatic carbocycles. The molecular formula is C19H27N. The van der Waals surface area contributed by atoms with Crippen molar-refractivity contribution < 1.29 is 0 Å². The average molecular weight is 269 g/mol. The molecular weight excluding hydrogens is 242 g/mol. The van der Waals surface area contributed by atoms with Crippen LogP contribution in [0, 0.1) is 22.7 Å². The van der Waals surface area contributed by atoms with Gasteiger partial charge in [-0.15, -0.1) is 0 Å². The summed E-state index contributed by atoms with van der Waals surface area (Å²) in [5.41, 5.74) is 2.60. The molecule has 1 aromatic carbocycles. The molecule has 1 saturated carbocycles. The Hall–Kier alpha value is -1.29. The lowest BCUT2D eigenvalue weighted by Gasteiger charge is -2.34. The van der Waals surface area contributed by atoms with Crippen molar-refractivity contribution in [3.05, 3.63) is 35.4 Å². The average Bonchev–Trinajstić information content (AvgIpc) is 2.48. The van der Waals surface area contributed by atoms with E-state index in [-0.39, 0.29) is 5.41 Å². The molecule has 0 saturated heterocycles. The first-order valence-corrected chi connectivity index (χ1v) is 8.08. The molecule has 0 radical (unpaired) electrons. The highest BCUT2D eigenvalue weighted by Crippen LogP contribution is 2.42. The van der Waals surface area contributed by atoms with Gasteiger partial charge in [-0.2, -0.15) is 5.26 Å². The van der Waals surface area contributed by atoms with Crippen molar-refractivity contribution in [3.8, 4) is 6.07 Å². The summed E-state index contributed by atoms with van der Waals surface area (Å²) < 4.78 is 0. The van der Waals surface area contributed by atoms with Gasteiger partial charge in [0.05, 0.1) is 11.5 Å². The third-order valence-corrected chi connectivity index (χ3v) is 5.07. The van der Waals surface area contributed by atoms with Gasteiger partial charge in [-0.25, -0.2) is 0 Å². The number of hydrogen-bond acceptors (Lipinski definition) is 1. The summed E-state index contributed by atoms with van der Waals surface area (Å²) in [4.78, 5) is 0. The van der Waals surface area contributed by atoms with Crippen LogP contribution < -0.4 is 0 Å². The molecule has 1 fully saturated rings. The molecule has 0 bridgehead atoms. The predicted octanol–water partition coefficient (Wildman–Crippen LogP) is 5.46. The van der Waals surface area contributed by atoms with Gasteiger partial charge in [-0.05, 0) is 55.1 Å². The van der Waals surface area contributed by atoms with E-state index in [2.05, 4.69) is 51.1 Å². The standard InChI is InChI=1S/C19H27N/c1-4-16-9-11-19(14-20,12-10-16)13-17-5-7-18(8-6-17)15(2)3/h5-8,15-16H,4,9-13H2,1-3H3. The summed E-state index contributed by atoms with van der Waals surface area (Å²) in [6.07, 6.45) is 6.81. The topological polar surface area (TPSA) is 23.8 Å². The first-order valence-electron chi connectivity index (χ1n) is 8.08. The molecule has 0 unspecified atom stereocenters. The van der Waals surface area contributed by atoms with Crippen LogP contribution in [0.2, 0.25) is 0 Å². The maximum absolute atomic E-state index is 9.65. The Labute approximate surface area is 124 Å². The molecule has 0 heterocycles. The highest BCUT2D eigenvalue weighted by Gasteiger charge is 2.35. The summed E-state index contributed by atoms with van der Waals surface area (Å²) >= 11 is 0. The fraction of sp³-hybridized carbons (Fsp3) is 0.632. The van der Waals surface area contributed by atoms with E-state index in [0.717, 1.165) is 25.2 Å². The van der Waals surface area contributed by atoms with Crippen LogP contribution in [0.4, 0.5) is 0 Å². The highest BCUT2D eigenvalue weighted by atomic mass is 14.4. The van der Waals surface area contributed by atoms with E-state index in [1.807, 2.05) is 0 Å². The molecule has 1 aliphatic rings. The Morgan fingerprint density at radius 2 is 1.80 bits per heavy atom. The van der Waals surface area contributed by atoms with Crippen LogP contribution in [0.3, 0.4) is 0 Å². The Kier molecular flexibility index (Phi) is 4.86. The largest absolute Gasteiger partial charge is 0.198 e. The Bertz CT molecular complexity index is 456. The minimum atomic E-state index is -0.106. The molecule has 1 heteroatoms. The van der Waals surface area contributed by atoms with E-state index in [1.54, 1.807) is 0 Å². The van der Waals surface area contributed by atoms with Crippen LogP contribution in [0.5, 0.6) is 0 Å². The number of nitriles is 1. The van der Waals surface area contributed by atoms with Crippen molar-refractivity contribution in [3.63, 3.8) is 0 Å². The first kappa shape index (κ1) is 15.1. The fourth-order valence-corrected chi connectivity index (χ4v) is 3.38. The summed E-state index contributed by atoms with van der Waals surface area (Å²) in [6.45, 7) is 6.71. The fourth-order valence-electron chi connectivity index (χ4n) is 3.38. The van der Waals surface area contributed by atoms with E-state index in [4.69, 9.17) is 0 Å².